The summed E-state index contributed by atoms with van der Waals surface area (Å²) in [5.41, 5.74) is 3.14. The molecular weight excluding hydrogens is 524 g/mol. The Labute approximate surface area is 218 Å². The molecule has 186 valence electrons. The lowest BCUT2D eigenvalue weighted by atomic mass is 10.1. The molecule has 8 heteroatoms. The minimum absolute atomic E-state index is 0.207. The minimum Gasteiger partial charge on any atom is -0.483 e. The number of halogens is 1. The van der Waals surface area contributed by atoms with Crippen molar-refractivity contribution in [3.63, 3.8) is 0 Å². The summed E-state index contributed by atoms with van der Waals surface area (Å²) < 4.78 is 11.8. The molecule has 2 amide bonds. The first-order chi connectivity index (χ1) is 17.5. The molecule has 0 aromatic heterocycles. The van der Waals surface area contributed by atoms with Gasteiger partial charge in [-0.15, -0.1) is 0 Å². The van der Waals surface area contributed by atoms with Crippen LogP contribution in [-0.4, -0.2) is 55.0 Å². The molecule has 1 aliphatic heterocycles. The zero-order valence-electron chi connectivity index (χ0n) is 19.7. The van der Waals surface area contributed by atoms with Crippen molar-refractivity contribution in [1.29, 1.82) is 0 Å². The van der Waals surface area contributed by atoms with Gasteiger partial charge in [-0.25, -0.2) is 0 Å². The summed E-state index contributed by atoms with van der Waals surface area (Å²) in [6, 6.07) is 24.3. The van der Waals surface area contributed by atoms with E-state index in [-0.39, 0.29) is 31.4 Å². The van der Waals surface area contributed by atoms with Gasteiger partial charge in [0.15, 0.2) is 6.61 Å². The molecule has 1 atom stereocenters. The maximum absolute atomic E-state index is 13.0. The monoisotopic (exact) mass is 550 g/mol. The first-order valence-corrected chi connectivity index (χ1v) is 12.5. The number of esters is 1. The van der Waals surface area contributed by atoms with Crippen molar-refractivity contribution in [2.45, 2.75) is 18.9 Å². The van der Waals surface area contributed by atoms with Gasteiger partial charge >= 0.3 is 5.97 Å². The fourth-order valence-electron chi connectivity index (χ4n) is 4.01. The number of amides is 2. The van der Waals surface area contributed by atoms with Gasteiger partial charge in [-0.05, 0) is 44.8 Å². The average Bonchev–Trinajstić information content (AvgIpc) is 2.90. The van der Waals surface area contributed by atoms with Crippen LogP contribution in [0.3, 0.4) is 0 Å². The summed E-state index contributed by atoms with van der Waals surface area (Å²) in [6.45, 7) is 0.570. The molecule has 1 heterocycles. The predicted octanol–water partition coefficient (Wildman–Crippen LogP) is 4.00. The van der Waals surface area contributed by atoms with Crippen molar-refractivity contribution in [3.8, 4) is 16.9 Å². The van der Waals surface area contributed by atoms with Gasteiger partial charge in [0.1, 0.15) is 11.8 Å². The minimum atomic E-state index is -0.928. The Hall–Kier alpha value is -3.65. The second-order valence-corrected chi connectivity index (χ2v) is 9.21. The van der Waals surface area contributed by atoms with Crippen LogP contribution >= 0.6 is 15.9 Å². The van der Waals surface area contributed by atoms with Crippen LogP contribution in [0.4, 0.5) is 0 Å². The van der Waals surface area contributed by atoms with Crippen LogP contribution in [0.5, 0.6) is 5.75 Å². The summed E-state index contributed by atoms with van der Waals surface area (Å²) in [5.74, 6) is -0.749. The van der Waals surface area contributed by atoms with E-state index in [1.165, 1.54) is 4.90 Å². The number of benzene rings is 3. The molecule has 0 spiro atoms. The standard InChI is InChI=1S/C28H27BrN2O5/c29-23-17-22(21-9-5-2-6-10-21)11-12-25(23)36-19-26(32)31-15-14-30-28(34)24(31)18-27(33)35-16-13-20-7-3-1-4-8-20/h1-12,17,24H,13-16,18-19H2,(H,30,34). The molecule has 1 aliphatic rings. The average molecular weight is 551 g/mol. The van der Waals surface area contributed by atoms with Crippen molar-refractivity contribution < 1.29 is 23.9 Å². The van der Waals surface area contributed by atoms with E-state index in [2.05, 4.69) is 21.2 Å². The van der Waals surface area contributed by atoms with Gasteiger partial charge in [0.25, 0.3) is 5.91 Å². The van der Waals surface area contributed by atoms with Crippen molar-refractivity contribution in [2.75, 3.05) is 26.3 Å². The van der Waals surface area contributed by atoms with E-state index >= 15 is 0 Å². The number of carbonyl (C=O) groups is 3. The Morgan fingerprint density at radius 3 is 2.42 bits per heavy atom. The largest absolute Gasteiger partial charge is 0.483 e. The first-order valence-electron chi connectivity index (χ1n) is 11.8. The molecule has 0 bridgehead atoms. The lowest BCUT2D eigenvalue weighted by Crippen LogP contribution is -2.58. The zero-order chi connectivity index (χ0) is 25.3. The highest BCUT2D eigenvalue weighted by molar-refractivity contribution is 9.10. The van der Waals surface area contributed by atoms with E-state index in [0.717, 1.165) is 16.7 Å². The molecule has 1 N–H and O–H groups in total. The Morgan fingerprint density at radius 1 is 0.972 bits per heavy atom. The van der Waals surface area contributed by atoms with E-state index in [1.54, 1.807) is 6.07 Å². The smallest absolute Gasteiger partial charge is 0.308 e. The number of ether oxygens (including phenoxy) is 2. The first kappa shape index (κ1) is 25.4. The van der Waals surface area contributed by atoms with Crippen LogP contribution in [0.15, 0.2) is 83.3 Å². The Morgan fingerprint density at radius 2 is 1.69 bits per heavy atom. The highest BCUT2D eigenvalue weighted by atomic mass is 79.9. The normalized spacial score (nSPS) is 15.2. The molecule has 1 fully saturated rings. The summed E-state index contributed by atoms with van der Waals surface area (Å²) in [7, 11) is 0. The third-order valence-electron chi connectivity index (χ3n) is 5.90. The predicted molar refractivity (Wildman–Crippen MR) is 139 cm³/mol. The number of rotatable bonds is 9. The van der Waals surface area contributed by atoms with E-state index < -0.39 is 12.0 Å². The van der Waals surface area contributed by atoms with Gasteiger partial charge in [-0.2, -0.15) is 0 Å². The van der Waals surface area contributed by atoms with Gasteiger partial charge in [0, 0.05) is 19.5 Å². The summed E-state index contributed by atoms with van der Waals surface area (Å²) >= 11 is 3.51. The molecule has 4 rings (SSSR count). The molecule has 3 aromatic rings. The maximum Gasteiger partial charge on any atom is 0.308 e. The second kappa shape index (κ2) is 12.4. The van der Waals surface area contributed by atoms with Crippen LogP contribution in [0.2, 0.25) is 0 Å². The Balaban J connectivity index is 1.32. The van der Waals surface area contributed by atoms with Gasteiger partial charge in [-0.3, -0.25) is 14.4 Å². The zero-order valence-corrected chi connectivity index (χ0v) is 21.3. The van der Waals surface area contributed by atoms with E-state index in [9.17, 15) is 14.4 Å². The van der Waals surface area contributed by atoms with Crippen molar-refractivity contribution in [3.05, 3.63) is 88.9 Å². The summed E-state index contributed by atoms with van der Waals surface area (Å²) in [6.07, 6.45) is 0.375. The van der Waals surface area contributed by atoms with Gasteiger partial charge < -0.3 is 19.7 Å². The number of hydrogen-bond acceptors (Lipinski definition) is 5. The molecule has 0 radical (unpaired) electrons. The highest BCUT2D eigenvalue weighted by Gasteiger charge is 2.35. The van der Waals surface area contributed by atoms with Gasteiger partial charge in [-0.1, -0.05) is 66.7 Å². The number of nitrogens with one attached hydrogen (secondary N) is 1. The van der Waals surface area contributed by atoms with Crippen molar-refractivity contribution in [2.24, 2.45) is 0 Å². The molecule has 1 saturated heterocycles. The number of hydrogen-bond donors (Lipinski definition) is 1. The molecule has 3 aromatic carbocycles. The van der Waals surface area contributed by atoms with E-state index in [4.69, 9.17) is 9.47 Å². The fraction of sp³-hybridized carbons (Fsp3) is 0.250. The number of nitrogens with zero attached hydrogens (tertiary/aromatic N) is 1. The van der Waals surface area contributed by atoms with Crippen molar-refractivity contribution >= 4 is 33.7 Å². The topological polar surface area (TPSA) is 84.9 Å². The van der Waals surface area contributed by atoms with E-state index in [0.29, 0.717) is 29.7 Å². The molecule has 0 aliphatic carbocycles. The lowest BCUT2D eigenvalue weighted by molar-refractivity contribution is -0.152. The quantitative estimate of drug-likeness (QED) is 0.407. The van der Waals surface area contributed by atoms with Crippen LogP contribution in [0.1, 0.15) is 12.0 Å². The third-order valence-corrected chi connectivity index (χ3v) is 6.52. The van der Waals surface area contributed by atoms with Crippen LogP contribution in [-0.2, 0) is 25.5 Å². The van der Waals surface area contributed by atoms with Crippen molar-refractivity contribution in [1.82, 2.24) is 10.2 Å². The molecular formula is C28H27BrN2O5. The highest BCUT2D eigenvalue weighted by Crippen LogP contribution is 2.30. The molecule has 0 saturated carbocycles. The Bertz CT molecular complexity index is 1200. The summed E-state index contributed by atoms with van der Waals surface area (Å²) in [4.78, 5) is 39.2. The molecule has 36 heavy (non-hydrogen) atoms. The molecule has 7 nitrogen and oxygen atoms in total. The number of carbonyl (C=O) groups excluding carboxylic acids is 3. The van der Waals surface area contributed by atoms with Crippen LogP contribution < -0.4 is 10.1 Å². The maximum atomic E-state index is 13.0. The second-order valence-electron chi connectivity index (χ2n) is 8.35. The SMILES string of the molecule is O=C(CC1C(=O)NCCN1C(=O)COc1ccc(-c2ccccc2)cc1Br)OCCc1ccccc1. The molecule has 1 unspecified atom stereocenters. The summed E-state index contributed by atoms with van der Waals surface area (Å²) in [5, 5.41) is 2.72. The van der Waals surface area contributed by atoms with Crippen LogP contribution in [0, 0.1) is 0 Å². The van der Waals surface area contributed by atoms with Gasteiger partial charge in [0.05, 0.1) is 17.5 Å². The lowest BCUT2D eigenvalue weighted by Gasteiger charge is -2.34. The fourth-order valence-corrected chi connectivity index (χ4v) is 4.50. The van der Waals surface area contributed by atoms with E-state index in [1.807, 2.05) is 72.8 Å². The Kier molecular flexibility index (Phi) is 8.73. The number of piperazine rings is 1. The third kappa shape index (κ3) is 6.73. The van der Waals surface area contributed by atoms with Crippen LogP contribution in [0.25, 0.3) is 11.1 Å². The van der Waals surface area contributed by atoms with Gasteiger partial charge in [0.2, 0.25) is 5.91 Å².